The van der Waals surface area contributed by atoms with E-state index >= 15 is 0 Å². The quantitative estimate of drug-likeness (QED) is 0.178. The van der Waals surface area contributed by atoms with E-state index in [1.807, 2.05) is 24.3 Å². The van der Waals surface area contributed by atoms with E-state index in [9.17, 15) is 4.79 Å². The molecule has 35 heavy (non-hydrogen) atoms. The third kappa shape index (κ3) is 6.50. The first kappa shape index (κ1) is 26.0. The fourth-order valence-corrected chi connectivity index (χ4v) is 3.66. The molecule has 1 N–H and O–H groups in total. The summed E-state index contributed by atoms with van der Waals surface area (Å²) in [5.41, 5.74) is 2.82. The molecule has 0 atom stereocenters. The van der Waals surface area contributed by atoms with E-state index in [1.165, 1.54) is 13.2 Å². The molecule has 0 fully saturated rings. The van der Waals surface area contributed by atoms with E-state index < -0.39 is 0 Å². The lowest BCUT2D eigenvalue weighted by molar-refractivity contribution is 0.104. The summed E-state index contributed by atoms with van der Waals surface area (Å²) in [6, 6.07) is 13.9. The van der Waals surface area contributed by atoms with Gasteiger partial charge >= 0.3 is 0 Å². The highest BCUT2D eigenvalue weighted by atomic mass is 35.5. The van der Waals surface area contributed by atoms with Crippen LogP contribution in [0.3, 0.4) is 0 Å². The molecule has 0 spiro atoms. The van der Waals surface area contributed by atoms with Crippen LogP contribution in [0.25, 0.3) is 12.2 Å². The molecule has 182 valence electrons. The Morgan fingerprint density at radius 1 is 0.800 bits per heavy atom. The van der Waals surface area contributed by atoms with Gasteiger partial charge in [0, 0.05) is 34.6 Å². The molecule has 0 bridgehead atoms. The molecule has 0 aliphatic heterocycles. The molecule has 3 aromatic rings. The minimum Gasteiger partial charge on any atom is -0.495 e. The first-order chi connectivity index (χ1) is 16.9. The Morgan fingerprint density at radius 2 is 1.43 bits per heavy atom. The summed E-state index contributed by atoms with van der Waals surface area (Å²) in [5.74, 6) is 1.93. The Morgan fingerprint density at radius 3 is 2.00 bits per heavy atom. The van der Waals surface area contributed by atoms with Crippen molar-refractivity contribution >= 4 is 46.8 Å². The lowest BCUT2D eigenvalue weighted by atomic mass is 10.1. The number of halogens is 2. The SMILES string of the molecule is COc1cc(NC=CC(=O)c2ccc(Cl)cc2)c(C=Cc2cc(OC)c(OC)c(OC)c2)cc1Cl. The lowest BCUT2D eigenvalue weighted by Gasteiger charge is -2.13. The molecule has 0 unspecified atom stereocenters. The monoisotopic (exact) mass is 513 g/mol. The van der Waals surface area contributed by atoms with Crippen molar-refractivity contribution in [2.75, 3.05) is 33.8 Å². The molecule has 8 heteroatoms. The van der Waals surface area contributed by atoms with Crippen molar-refractivity contribution in [3.8, 4) is 23.0 Å². The largest absolute Gasteiger partial charge is 0.495 e. The minimum absolute atomic E-state index is 0.162. The first-order valence-electron chi connectivity index (χ1n) is 10.5. The molecule has 0 amide bonds. The highest BCUT2D eigenvalue weighted by Crippen LogP contribution is 2.39. The number of benzene rings is 3. The molecular formula is C27H25Cl2NO5. The zero-order valence-electron chi connectivity index (χ0n) is 19.7. The van der Waals surface area contributed by atoms with Crippen LogP contribution >= 0.6 is 23.2 Å². The fourth-order valence-electron chi connectivity index (χ4n) is 3.29. The number of anilines is 1. The van der Waals surface area contributed by atoms with Gasteiger partial charge in [0.2, 0.25) is 5.75 Å². The summed E-state index contributed by atoms with van der Waals surface area (Å²) < 4.78 is 21.6. The van der Waals surface area contributed by atoms with E-state index in [-0.39, 0.29) is 5.78 Å². The van der Waals surface area contributed by atoms with Crippen molar-refractivity contribution in [3.63, 3.8) is 0 Å². The number of hydrogen-bond donors (Lipinski definition) is 1. The number of ketones is 1. The van der Waals surface area contributed by atoms with Gasteiger partial charge in [0.15, 0.2) is 17.3 Å². The molecule has 0 aromatic heterocycles. The molecule has 0 heterocycles. The van der Waals surface area contributed by atoms with Crippen LogP contribution in [-0.4, -0.2) is 34.2 Å². The number of carbonyl (C=O) groups excluding carboxylic acids is 1. The van der Waals surface area contributed by atoms with Gasteiger partial charge in [0.05, 0.1) is 33.5 Å². The maximum atomic E-state index is 12.4. The second-order valence-corrected chi connectivity index (χ2v) is 8.06. The number of carbonyl (C=O) groups is 1. The first-order valence-corrected chi connectivity index (χ1v) is 11.2. The van der Waals surface area contributed by atoms with Gasteiger partial charge in [-0.05, 0) is 53.6 Å². The zero-order valence-corrected chi connectivity index (χ0v) is 21.2. The van der Waals surface area contributed by atoms with Crippen molar-refractivity contribution in [3.05, 3.63) is 87.5 Å². The predicted molar refractivity (Wildman–Crippen MR) is 142 cm³/mol. The van der Waals surface area contributed by atoms with Gasteiger partial charge in [-0.3, -0.25) is 4.79 Å². The average Bonchev–Trinajstić information content (AvgIpc) is 2.87. The number of allylic oxidation sites excluding steroid dienone is 1. The van der Waals surface area contributed by atoms with Crippen LogP contribution in [0.1, 0.15) is 21.5 Å². The third-order valence-corrected chi connectivity index (χ3v) is 5.62. The molecule has 6 nitrogen and oxygen atoms in total. The molecular weight excluding hydrogens is 489 g/mol. The molecule has 3 rings (SSSR count). The smallest absolute Gasteiger partial charge is 0.203 e. The van der Waals surface area contributed by atoms with Crippen molar-refractivity contribution in [2.45, 2.75) is 0 Å². The zero-order chi connectivity index (χ0) is 25.4. The van der Waals surface area contributed by atoms with Crippen LogP contribution in [0, 0.1) is 0 Å². The van der Waals surface area contributed by atoms with Crippen LogP contribution in [0.2, 0.25) is 10.0 Å². The summed E-state index contributed by atoms with van der Waals surface area (Å²) in [6.07, 6.45) is 6.77. The molecule has 0 aliphatic carbocycles. The lowest BCUT2D eigenvalue weighted by Crippen LogP contribution is -1.98. The standard InChI is InChI=1S/C27H25Cl2NO5/c1-32-24-16-22(30-12-11-23(31)18-7-9-20(28)10-8-18)19(15-21(24)29)6-5-17-13-25(33-2)27(35-4)26(14-17)34-3/h5-16,30H,1-4H3. The number of hydrogen-bond acceptors (Lipinski definition) is 6. The Balaban J connectivity index is 1.90. The van der Waals surface area contributed by atoms with Crippen LogP contribution < -0.4 is 24.3 Å². The van der Waals surface area contributed by atoms with Crippen molar-refractivity contribution < 1.29 is 23.7 Å². The number of rotatable bonds is 10. The predicted octanol–water partition coefficient (Wildman–Crippen LogP) is 7.01. The Kier molecular flexibility index (Phi) is 9.06. The maximum Gasteiger partial charge on any atom is 0.203 e. The second-order valence-electron chi connectivity index (χ2n) is 7.21. The van der Waals surface area contributed by atoms with E-state index in [1.54, 1.807) is 63.9 Å². The average molecular weight is 514 g/mol. The van der Waals surface area contributed by atoms with E-state index in [2.05, 4.69) is 5.32 Å². The molecule has 0 saturated heterocycles. The summed E-state index contributed by atoms with van der Waals surface area (Å²) in [4.78, 5) is 12.4. The van der Waals surface area contributed by atoms with Gasteiger partial charge < -0.3 is 24.3 Å². The van der Waals surface area contributed by atoms with Crippen molar-refractivity contribution in [2.24, 2.45) is 0 Å². The van der Waals surface area contributed by atoms with Crippen LogP contribution in [0.4, 0.5) is 5.69 Å². The highest BCUT2D eigenvalue weighted by molar-refractivity contribution is 6.32. The third-order valence-electron chi connectivity index (χ3n) is 5.07. The fraction of sp³-hybridized carbons (Fsp3) is 0.148. The van der Waals surface area contributed by atoms with Gasteiger partial charge in [-0.15, -0.1) is 0 Å². The summed E-state index contributed by atoms with van der Waals surface area (Å²) in [5, 5.41) is 4.16. The van der Waals surface area contributed by atoms with Gasteiger partial charge in [-0.25, -0.2) is 0 Å². The molecule has 3 aromatic carbocycles. The maximum absolute atomic E-state index is 12.4. The summed E-state index contributed by atoms with van der Waals surface area (Å²) in [6.45, 7) is 0. The van der Waals surface area contributed by atoms with Crippen LogP contribution in [-0.2, 0) is 0 Å². The van der Waals surface area contributed by atoms with Gasteiger partial charge in [-0.1, -0.05) is 35.4 Å². The van der Waals surface area contributed by atoms with E-state index in [0.29, 0.717) is 44.3 Å². The normalized spacial score (nSPS) is 11.0. The van der Waals surface area contributed by atoms with Crippen LogP contribution in [0.5, 0.6) is 23.0 Å². The molecule has 0 saturated carbocycles. The Labute approximate surface area is 214 Å². The second kappa shape index (κ2) is 12.2. The summed E-state index contributed by atoms with van der Waals surface area (Å²) in [7, 11) is 6.22. The Hall–Kier alpha value is -3.61. The van der Waals surface area contributed by atoms with Crippen molar-refractivity contribution in [1.29, 1.82) is 0 Å². The number of methoxy groups -OCH3 is 4. The Bertz CT molecular complexity index is 1230. The topological polar surface area (TPSA) is 66.0 Å². The van der Waals surface area contributed by atoms with Gasteiger partial charge in [0.25, 0.3) is 0 Å². The molecule has 0 radical (unpaired) electrons. The van der Waals surface area contributed by atoms with E-state index in [4.69, 9.17) is 42.1 Å². The highest BCUT2D eigenvalue weighted by Gasteiger charge is 2.13. The number of ether oxygens (including phenoxy) is 4. The summed E-state index contributed by atoms with van der Waals surface area (Å²) >= 11 is 12.3. The van der Waals surface area contributed by atoms with E-state index in [0.717, 1.165) is 11.1 Å². The minimum atomic E-state index is -0.162. The molecule has 0 aliphatic rings. The van der Waals surface area contributed by atoms with Crippen LogP contribution in [0.15, 0.2) is 60.8 Å². The van der Waals surface area contributed by atoms with Crippen molar-refractivity contribution in [1.82, 2.24) is 0 Å². The van der Waals surface area contributed by atoms with Gasteiger partial charge in [-0.2, -0.15) is 0 Å². The van der Waals surface area contributed by atoms with Gasteiger partial charge in [0.1, 0.15) is 5.75 Å². The number of nitrogens with one attached hydrogen (secondary N) is 1.